The van der Waals surface area contributed by atoms with Crippen LogP contribution < -0.4 is 10.1 Å². The molecule has 4 nitrogen and oxygen atoms in total. The van der Waals surface area contributed by atoms with Crippen molar-refractivity contribution >= 4 is 33.4 Å². The van der Waals surface area contributed by atoms with Crippen molar-refractivity contribution in [1.82, 2.24) is 14.0 Å². The third kappa shape index (κ3) is 1.53. The molecule has 0 radical (unpaired) electrons. The third-order valence-electron chi connectivity index (χ3n) is 3.41. The molecule has 1 aromatic carbocycles. The van der Waals surface area contributed by atoms with Crippen LogP contribution in [0.3, 0.4) is 0 Å². The standard InChI is InChI=1S/C15H11N3OS/c1-17-8-4-5-10(17)9-13-14(19)18-12-7-3-2-6-11(12)16-15(18)20-13/h2-9H,1H3/b13-9-. The molecule has 0 aliphatic rings. The molecule has 0 fully saturated rings. The average Bonchev–Trinajstić information content (AvgIpc) is 3.08. The Kier molecular flexibility index (Phi) is 2.31. The highest BCUT2D eigenvalue weighted by atomic mass is 32.1. The summed E-state index contributed by atoms with van der Waals surface area (Å²) in [7, 11) is 1.96. The van der Waals surface area contributed by atoms with Crippen LogP contribution in [0.25, 0.3) is 22.1 Å². The van der Waals surface area contributed by atoms with Crippen LogP contribution in [-0.4, -0.2) is 14.0 Å². The van der Waals surface area contributed by atoms with Crippen LogP contribution in [0.4, 0.5) is 0 Å². The highest BCUT2D eigenvalue weighted by molar-refractivity contribution is 7.15. The van der Waals surface area contributed by atoms with Gasteiger partial charge in [-0.25, -0.2) is 9.38 Å². The Balaban J connectivity index is 2.08. The Morgan fingerprint density at radius 2 is 2.05 bits per heavy atom. The van der Waals surface area contributed by atoms with Gasteiger partial charge in [0.15, 0.2) is 4.96 Å². The predicted molar refractivity (Wildman–Crippen MR) is 81.0 cm³/mol. The van der Waals surface area contributed by atoms with Crippen molar-refractivity contribution in [3.63, 3.8) is 0 Å². The van der Waals surface area contributed by atoms with Gasteiger partial charge in [-0.3, -0.25) is 4.79 Å². The summed E-state index contributed by atoms with van der Waals surface area (Å²) in [5.41, 5.74) is 2.74. The number of aromatic nitrogens is 3. The first kappa shape index (κ1) is 11.4. The van der Waals surface area contributed by atoms with Crippen molar-refractivity contribution in [3.05, 3.63) is 63.2 Å². The smallest absolute Gasteiger partial charge is 0.275 e. The first-order valence-corrected chi connectivity index (χ1v) is 7.09. The number of imidazole rings is 1. The van der Waals surface area contributed by atoms with Crippen LogP contribution in [0, 0.1) is 0 Å². The minimum Gasteiger partial charge on any atom is -0.351 e. The lowest BCUT2D eigenvalue weighted by Gasteiger charge is -1.93. The monoisotopic (exact) mass is 281 g/mol. The zero-order chi connectivity index (χ0) is 13.7. The van der Waals surface area contributed by atoms with Crippen LogP contribution in [0.1, 0.15) is 5.69 Å². The maximum Gasteiger partial charge on any atom is 0.275 e. The van der Waals surface area contributed by atoms with Gasteiger partial charge in [0.1, 0.15) is 0 Å². The summed E-state index contributed by atoms with van der Waals surface area (Å²) in [5, 5.41) is 0. The third-order valence-corrected chi connectivity index (χ3v) is 4.38. The molecule has 4 rings (SSSR count). The van der Waals surface area contributed by atoms with E-state index in [9.17, 15) is 4.79 Å². The van der Waals surface area contributed by atoms with Crippen LogP contribution >= 0.6 is 11.3 Å². The van der Waals surface area contributed by atoms with E-state index in [0.717, 1.165) is 21.7 Å². The Bertz CT molecular complexity index is 1040. The fourth-order valence-electron chi connectivity index (χ4n) is 2.37. The summed E-state index contributed by atoms with van der Waals surface area (Å²) in [6.45, 7) is 0. The molecule has 0 bridgehead atoms. The van der Waals surface area contributed by atoms with E-state index in [4.69, 9.17) is 0 Å². The van der Waals surface area contributed by atoms with E-state index < -0.39 is 0 Å². The van der Waals surface area contributed by atoms with Crippen LogP contribution in [0.2, 0.25) is 0 Å². The van der Waals surface area contributed by atoms with Gasteiger partial charge in [-0.05, 0) is 30.3 Å². The second kappa shape index (κ2) is 4.05. The lowest BCUT2D eigenvalue weighted by Crippen LogP contribution is -2.22. The van der Waals surface area contributed by atoms with Gasteiger partial charge in [-0.2, -0.15) is 0 Å². The molecule has 0 saturated heterocycles. The number of hydrogen-bond donors (Lipinski definition) is 0. The zero-order valence-electron chi connectivity index (χ0n) is 10.8. The van der Waals surface area contributed by atoms with Crippen molar-refractivity contribution in [2.24, 2.45) is 7.05 Å². The van der Waals surface area contributed by atoms with Crippen molar-refractivity contribution in [2.45, 2.75) is 0 Å². The lowest BCUT2D eigenvalue weighted by molar-refractivity contribution is 0.914. The van der Waals surface area contributed by atoms with Crippen LogP contribution in [-0.2, 0) is 7.05 Å². The molecule has 0 aliphatic carbocycles. The van der Waals surface area contributed by atoms with E-state index in [-0.39, 0.29) is 5.56 Å². The number of para-hydroxylation sites is 2. The summed E-state index contributed by atoms with van der Waals surface area (Å²) in [6, 6.07) is 11.7. The van der Waals surface area contributed by atoms with Gasteiger partial charge >= 0.3 is 0 Å². The highest BCUT2D eigenvalue weighted by Gasteiger charge is 2.10. The SMILES string of the molecule is Cn1cccc1/C=c1\sc2nc3ccccc3n2c1=O. The molecule has 98 valence electrons. The fourth-order valence-corrected chi connectivity index (χ4v) is 3.34. The maximum absolute atomic E-state index is 12.5. The lowest BCUT2D eigenvalue weighted by atomic mass is 10.3. The molecular weight excluding hydrogens is 270 g/mol. The molecule has 0 spiro atoms. The molecule has 0 amide bonds. The van der Waals surface area contributed by atoms with E-state index in [1.807, 2.05) is 60.3 Å². The van der Waals surface area contributed by atoms with Crippen molar-refractivity contribution < 1.29 is 0 Å². The molecule has 4 aromatic rings. The Morgan fingerprint density at radius 1 is 1.20 bits per heavy atom. The second-order valence-electron chi connectivity index (χ2n) is 4.68. The van der Waals surface area contributed by atoms with E-state index in [1.165, 1.54) is 11.3 Å². The number of fused-ring (bicyclic) bond motifs is 3. The summed E-state index contributed by atoms with van der Waals surface area (Å²) in [5.74, 6) is 0. The topological polar surface area (TPSA) is 39.3 Å². The molecule has 0 unspecified atom stereocenters. The summed E-state index contributed by atoms with van der Waals surface area (Å²) >= 11 is 1.43. The second-order valence-corrected chi connectivity index (χ2v) is 5.69. The minimum atomic E-state index is -0.0000926. The number of thiazole rings is 1. The molecule has 0 N–H and O–H groups in total. The Hall–Kier alpha value is -2.40. The zero-order valence-corrected chi connectivity index (χ0v) is 11.6. The summed E-state index contributed by atoms with van der Waals surface area (Å²) < 4.78 is 4.38. The molecule has 0 saturated carbocycles. The first-order chi connectivity index (χ1) is 9.74. The minimum absolute atomic E-state index is 0.0000926. The van der Waals surface area contributed by atoms with Crippen molar-refractivity contribution in [2.75, 3.05) is 0 Å². The van der Waals surface area contributed by atoms with Gasteiger partial charge in [0.2, 0.25) is 0 Å². The predicted octanol–water partition coefficient (Wildman–Crippen LogP) is 1.80. The Labute approximate surface area is 118 Å². The average molecular weight is 281 g/mol. The fraction of sp³-hybridized carbons (Fsp3) is 0.0667. The number of hydrogen-bond acceptors (Lipinski definition) is 3. The van der Waals surface area contributed by atoms with Crippen molar-refractivity contribution in [3.8, 4) is 0 Å². The summed E-state index contributed by atoms with van der Waals surface area (Å²) in [6.07, 6.45) is 3.88. The van der Waals surface area contributed by atoms with Gasteiger partial charge < -0.3 is 4.57 Å². The highest BCUT2D eigenvalue weighted by Crippen LogP contribution is 2.15. The number of rotatable bonds is 1. The molecule has 3 aromatic heterocycles. The molecule has 3 heterocycles. The van der Waals surface area contributed by atoms with Gasteiger partial charge in [0, 0.05) is 18.9 Å². The van der Waals surface area contributed by atoms with E-state index in [2.05, 4.69) is 4.98 Å². The van der Waals surface area contributed by atoms with Crippen LogP contribution in [0.5, 0.6) is 0 Å². The number of benzene rings is 1. The van der Waals surface area contributed by atoms with Crippen LogP contribution in [0.15, 0.2) is 47.4 Å². The molecule has 20 heavy (non-hydrogen) atoms. The Morgan fingerprint density at radius 3 is 2.85 bits per heavy atom. The van der Waals surface area contributed by atoms with E-state index in [1.54, 1.807) is 4.40 Å². The number of aryl methyl sites for hydroxylation is 1. The molecule has 0 atom stereocenters. The molecule has 5 heteroatoms. The van der Waals surface area contributed by atoms with Gasteiger partial charge in [0.05, 0.1) is 15.6 Å². The van der Waals surface area contributed by atoms with E-state index in [0.29, 0.717) is 4.53 Å². The van der Waals surface area contributed by atoms with E-state index >= 15 is 0 Å². The molecule has 0 aliphatic heterocycles. The van der Waals surface area contributed by atoms with Gasteiger partial charge in [-0.15, -0.1) is 0 Å². The first-order valence-electron chi connectivity index (χ1n) is 6.27. The van der Waals surface area contributed by atoms with Gasteiger partial charge in [0.25, 0.3) is 5.56 Å². The maximum atomic E-state index is 12.5. The largest absolute Gasteiger partial charge is 0.351 e. The normalized spacial score (nSPS) is 12.8. The summed E-state index contributed by atoms with van der Waals surface area (Å²) in [4.78, 5) is 17.8. The quantitative estimate of drug-likeness (QED) is 0.533. The molecular formula is C15H11N3OS. The van der Waals surface area contributed by atoms with Crippen molar-refractivity contribution in [1.29, 1.82) is 0 Å². The number of nitrogens with zero attached hydrogens (tertiary/aromatic N) is 3. The van der Waals surface area contributed by atoms with Gasteiger partial charge in [-0.1, -0.05) is 23.5 Å².